The van der Waals surface area contributed by atoms with Gasteiger partial charge in [-0.15, -0.1) is 0 Å². The van der Waals surface area contributed by atoms with Crippen molar-refractivity contribution in [2.24, 2.45) is 5.10 Å². The summed E-state index contributed by atoms with van der Waals surface area (Å²) < 4.78 is 8.31. The van der Waals surface area contributed by atoms with E-state index in [0.717, 1.165) is 20.3 Å². The highest BCUT2D eigenvalue weighted by Crippen LogP contribution is 2.30. The van der Waals surface area contributed by atoms with Crippen LogP contribution in [-0.2, 0) is 0 Å². The molecule has 0 amide bonds. The van der Waals surface area contributed by atoms with Crippen molar-refractivity contribution in [3.05, 3.63) is 124 Å². The Hall–Kier alpha value is -3.94. The van der Waals surface area contributed by atoms with Crippen molar-refractivity contribution in [3.63, 3.8) is 0 Å². The number of halogens is 1. The van der Waals surface area contributed by atoms with Gasteiger partial charge in [0.25, 0.3) is 5.56 Å². The van der Waals surface area contributed by atoms with Crippen molar-refractivity contribution >= 4 is 55.8 Å². The molecule has 0 saturated carbocycles. The normalized spacial score (nSPS) is 11.6. The average molecular weight is 552 g/mol. The van der Waals surface area contributed by atoms with Gasteiger partial charge in [-0.05, 0) is 66.2 Å². The van der Waals surface area contributed by atoms with Gasteiger partial charge in [0, 0.05) is 19.6 Å². The van der Waals surface area contributed by atoms with Crippen LogP contribution in [0, 0.1) is 0 Å². The molecule has 174 valence electrons. The number of fused-ring (bicyclic) bond motifs is 2. The monoisotopic (exact) mass is 551 g/mol. The molecule has 0 aliphatic carbocycles. The molecule has 36 heavy (non-hydrogen) atoms. The fourth-order valence-corrected chi connectivity index (χ4v) is 5.10. The first-order chi connectivity index (χ1) is 17.6. The van der Waals surface area contributed by atoms with Gasteiger partial charge in [0.05, 0.1) is 17.1 Å². The second-order valence-electron chi connectivity index (χ2n) is 8.09. The van der Waals surface area contributed by atoms with Gasteiger partial charge < -0.3 is 4.42 Å². The number of rotatable bonds is 5. The maximum atomic E-state index is 13.4. The van der Waals surface area contributed by atoms with E-state index in [0.29, 0.717) is 28.1 Å². The highest BCUT2D eigenvalue weighted by atomic mass is 79.9. The zero-order chi connectivity index (χ0) is 24.5. The van der Waals surface area contributed by atoms with E-state index >= 15 is 0 Å². The molecule has 2 aromatic heterocycles. The van der Waals surface area contributed by atoms with E-state index in [1.54, 1.807) is 24.0 Å². The van der Waals surface area contributed by atoms with Crippen LogP contribution in [0.1, 0.15) is 5.56 Å². The molecule has 6 rings (SSSR count). The summed E-state index contributed by atoms with van der Waals surface area (Å²) in [5.74, 6) is 0.816. The maximum Gasteiger partial charge on any atom is 0.282 e. The zero-order valence-corrected chi connectivity index (χ0v) is 21.2. The van der Waals surface area contributed by atoms with Crippen LogP contribution in [0.3, 0.4) is 0 Å². The van der Waals surface area contributed by atoms with Crippen LogP contribution in [0.4, 0.5) is 0 Å². The molecule has 6 aromatic rings. The standard InChI is InChI=1S/C29H18BrN3O2S/c30-21-12-15-26-20(16-21)17-27(35-26)28-32-25-9-5-4-8-24(25)29(34)33(28)31-18-19-10-13-23(14-11-19)36-22-6-2-1-3-7-22/h1-18H. The minimum absolute atomic E-state index is 0.260. The van der Waals surface area contributed by atoms with E-state index in [9.17, 15) is 4.79 Å². The van der Waals surface area contributed by atoms with Gasteiger partial charge in [-0.25, -0.2) is 4.98 Å². The zero-order valence-electron chi connectivity index (χ0n) is 18.8. The first-order valence-electron chi connectivity index (χ1n) is 11.2. The SMILES string of the molecule is O=c1c2ccccc2nc(-c2cc3cc(Br)ccc3o2)n1N=Cc1ccc(Sc2ccccc2)cc1. The Morgan fingerprint density at radius 2 is 1.61 bits per heavy atom. The Morgan fingerprint density at radius 3 is 2.44 bits per heavy atom. The average Bonchev–Trinajstić information content (AvgIpc) is 3.33. The van der Waals surface area contributed by atoms with Crippen molar-refractivity contribution in [3.8, 4) is 11.6 Å². The Balaban J connectivity index is 1.40. The minimum atomic E-state index is -0.260. The third-order valence-corrected chi connectivity index (χ3v) is 7.14. The van der Waals surface area contributed by atoms with Gasteiger partial charge in [0.15, 0.2) is 5.76 Å². The molecule has 0 atom stereocenters. The summed E-state index contributed by atoms with van der Waals surface area (Å²) in [5.41, 5.74) is 1.90. The number of aromatic nitrogens is 2. The summed E-state index contributed by atoms with van der Waals surface area (Å²) in [6.07, 6.45) is 1.66. The molecular weight excluding hydrogens is 534 g/mol. The molecule has 0 aliphatic rings. The van der Waals surface area contributed by atoms with E-state index < -0.39 is 0 Å². The smallest absolute Gasteiger partial charge is 0.282 e. The number of para-hydroxylation sites is 1. The fourth-order valence-electron chi connectivity index (χ4n) is 3.89. The summed E-state index contributed by atoms with van der Waals surface area (Å²) in [6, 6.07) is 33.1. The molecule has 0 bridgehead atoms. The van der Waals surface area contributed by atoms with Crippen LogP contribution in [0.15, 0.2) is 132 Å². The van der Waals surface area contributed by atoms with Crippen molar-refractivity contribution < 1.29 is 4.42 Å². The van der Waals surface area contributed by atoms with Gasteiger partial charge in [-0.3, -0.25) is 4.79 Å². The van der Waals surface area contributed by atoms with Gasteiger partial charge >= 0.3 is 0 Å². The third kappa shape index (κ3) is 4.51. The van der Waals surface area contributed by atoms with Gasteiger partial charge in [0.1, 0.15) is 5.58 Å². The molecule has 4 aromatic carbocycles. The Labute approximate surface area is 219 Å². The number of furan rings is 1. The first kappa shape index (κ1) is 22.5. The van der Waals surface area contributed by atoms with E-state index in [2.05, 4.69) is 33.2 Å². The van der Waals surface area contributed by atoms with Crippen LogP contribution in [-0.4, -0.2) is 15.9 Å². The summed E-state index contributed by atoms with van der Waals surface area (Å²) in [7, 11) is 0. The Bertz CT molecular complexity index is 1790. The maximum absolute atomic E-state index is 13.4. The van der Waals surface area contributed by atoms with E-state index in [4.69, 9.17) is 9.40 Å². The van der Waals surface area contributed by atoms with Gasteiger partial charge in [0.2, 0.25) is 5.82 Å². The van der Waals surface area contributed by atoms with Crippen LogP contribution >= 0.6 is 27.7 Å². The lowest BCUT2D eigenvalue weighted by atomic mass is 10.2. The minimum Gasteiger partial charge on any atom is -0.453 e. The van der Waals surface area contributed by atoms with Crippen molar-refractivity contribution in [1.82, 2.24) is 9.66 Å². The summed E-state index contributed by atoms with van der Waals surface area (Å²) in [5, 5.41) is 5.94. The Morgan fingerprint density at radius 1 is 0.861 bits per heavy atom. The molecule has 5 nitrogen and oxygen atoms in total. The van der Waals surface area contributed by atoms with Crippen LogP contribution in [0.2, 0.25) is 0 Å². The topological polar surface area (TPSA) is 60.4 Å². The number of benzene rings is 4. The highest BCUT2D eigenvalue weighted by Gasteiger charge is 2.16. The predicted molar refractivity (Wildman–Crippen MR) is 149 cm³/mol. The lowest BCUT2D eigenvalue weighted by molar-refractivity contribution is 0.616. The second-order valence-corrected chi connectivity index (χ2v) is 10.2. The summed E-state index contributed by atoms with van der Waals surface area (Å²) >= 11 is 5.18. The molecule has 7 heteroatoms. The molecule has 0 radical (unpaired) electrons. The highest BCUT2D eigenvalue weighted by molar-refractivity contribution is 9.10. The summed E-state index contributed by atoms with van der Waals surface area (Å²) in [6.45, 7) is 0. The quantitative estimate of drug-likeness (QED) is 0.207. The van der Waals surface area contributed by atoms with E-state index in [1.165, 1.54) is 9.57 Å². The van der Waals surface area contributed by atoms with Gasteiger partial charge in [-0.1, -0.05) is 70.2 Å². The Kier molecular flexibility index (Phi) is 6.01. The molecule has 0 aliphatic heterocycles. The van der Waals surface area contributed by atoms with Crippen molar-refractivity contribution in [2.75, 3.05) is 0 Å². The summed E-state index contributed by atoms with van der Waals surface area (Å²) in [4.78, 5) is 20.5. The molecular formula is C29H18BrN3O2S. The van der Waals surface area contributed by atoms with Crippen LogP contribution < -0.4 is 5.56 Å². The number of hydrogen-bond acceptors (Lipinski definition) is 5. The number of hydrogen-bond donors (Lipinski definition) is 0. The van der Waals surface area contributed by atoms with Crippen molar-refractivity contribution in [1.29, 1.82) is 0 Å². The first-order valence-corrected chi connectivity index (χ1v) is 12.8. The molecule has 0 saturated heterocycles. The van der Waals surface area contributed by atoms with Gasteiger partial charge in [-0.2, -0.15) is 9.78 Å². The molecule has 0 spiro atoms. The molecule has 0 fully saturated rings. The second kappa shape index (κ2) is 9.60. The van der Waals surface area contributed by atoms with E-state index in [1.807, 2.05) is 84.9 Å². The molecule has 0 N–H and O–H groups in total. The fraction of sp³-hybridized carbons (Fsp3) is 0. The lowest BCUT2D eigenvalue weighted by Crippen LogP contribution is -2.20. The van der Waals surface area contributed by atoms with Crippen LogP contribution in [0.5, 0.6) is 0 Å². The molecule has 0 unspecified atom stereocenters. The lowest BCUT2D eigenvalue weighted by Gasteiger charge is -2.07. The number of nitrogens with zero attached hydrogens (tertiary/aromatic N) is 3. The van der Waals surface area contributed by atoms with E-state index in [-0.39, 0.29) is 5.56 Å². The van der Waals surface area contributed by atoms with Crippen LogP contribution in [0.25, 0.3) is 33.5 Å². The predicted octanol–water partition coefficient (Wildman–Crippen LogP) is 7.61. The third-order valence-electron chi connectivity index (χ3n) is 5.63. The largest absolute Gasteiger partial charge is 0.453 e. The van der Waals surface area contributed by atoms with Crippen molar-refractivity contribution in [2.45, 2.75) is 9.79 Å². The molecule has 2 heterocycles.